The Hall–Kier alpha value is -3.49. The molecule has 0 fully saturated rings. The summed E-state index contributed by atoms with van der Waals surface area (Å²) in [6.45, 7) is 1.62. The Morgan fingerprint density at radius 3 is 2.52 bits per heavy atom. The van der Waals surface area contributed by atoms with Crippen LogP contribution in [0.2, 0.25) is 0 Å². The van der Waals surface area contributed by atoms with Gasteiger partial charge in [0.15, 0.2) is 0 Å². The Kier molecular flexibility index (Phi) is 5.49. The molecule has 3 rings (SSSR count). The van der Waals surface area contributed by atoms with Crippen LogP contribution in [0.3, 0.4) is 0 Å². The van der Waals surface area contributed by atoms with Crippen LogP contribution in [0.4, 0.5) is 18.0 Å². The molecule has 2 aromatic carbocycles. The van der Waals surface area contributed by atoms with Crippen LogP contribution in [0.15, 0.2) is 51.7 Å². The first-order chi connectivity index (χ1) is 13.8. The van der Waals surface area contributed by atoms with E-state index >= 15 is 0 Å². The fourth-order valence-electron chi connectivity index (χ4n) is 2.78. The van der Waals surface area contributed by atoms with Crippen LogP contribution in [0, 0.1) is 0 Å². The maximum absolute atomic E-state index is 13.7. The molecule has 0 bridgehead atoms. The van der Waals surface area contributed by atoms with E-state index in [1.807, 2.05) is 0 Å². The van der Waals surface area contributed by atoms with Crippen molar-refractivity contribution in [2.45, 2.75) is 13.1 Å². The summed E-state index contributed by atoms with van der Waals surface area (Å²) < 4.78 is 60.8. The molecule has 0 amide bonds. The van der Waals surface area contributed by atoms with E-state index < -0.39 is 29.1 Å². The third kappa shape index (κ3) is 4.03. The average molecular weight is 408 g/mol. The van der Waals surface area contributed by atoms with Crippen LogP contribution in [0.5, 0.6) is 11.5 Å². The van der Waals surface area contributed by atoms with Crippen molar-refractivity contribution in [3.8, 4) is 22.6 Å². The van der Waals surface area contributed by atoms with Crippen molar-refractivity contribution in [2.24, 2.45) is 0 Å². The molecule has 3 aromatic rings. The predicted octanol–water partition coefficient (Wildman–Crippen LogP) is 5.02. The summed E-state index contributed by atoms with van der Waals surface area (Å²) in [7, 11) is 1.29. The molecule has 0 aliphatic heterocycles. The van der Waals surface area contributed by atoms with E-state index in [4.69, 9.17) is 13.9 Å². The van der Waals surface area contributed by atoms with Crippen LogP contribution in [-0.2, 0) is 10.9 Å². The number of ether oxygens (including phenoxy) is 3. The van der Waals surface area contributed by atoms with Gasteiger partial charge in [-0.2, -0.15) is 13.2 Å². The lowest BCUT2D eigenvalue weighted by molar-refractivity contribution is -0.152. The van der Waals surface area contributed by atoms with Gasteiger partial charge in [0.2, 0.25) is 11.2 Å². The minimum Gasteiger partial charge on any atom is -0.496 e. The molecule has 0 spiro atoms. The molecular formula is C20H15F3O6. The van der Waals surface area contributed by atoms with Gasteiger partial charge in [0, 0.05) is 11.6 Å². The molecule has 0 aliphatic carbocycles. The van der Waals surface area contributed by atoms with Crippen molar-refractivity contribution in [1.82, 2.24) is 0 Å². The zero-order valence-corrected chi connectivity index (χ0v) is 15.3. The molecule has 9 heteroatoms. The van der Waals surface area contributed by atoms with Crippen LogP contribution in [-0.4, -0.2) is 19.9 Å². The number of hydrogen-bond donors (Lipinski definition) is 0. The molecule has 0 saturated heterocycles. The normalized spacial score (nSPS) is 11.3. The number of fused-ring (bicyclic) bond motifs is 1. The Labute approximate surface area is 162 Å². The SMILES string of the molecule is CCOC(=O)Oc1ccc2c(=O)c(-c3ccccc3OC)c(C(F)(F)F)oc2c1. The van der Waals surface area contributed by atoms with E-state index in [0.29, 0.717) is 0 Å². The largest absolute Gasteiger partial charge is 0.513 e. The van der Waals surface area contributed by atoms with E-state index in [-0.39, 0.29) is 34.6 Å². The Bertz CT molecular complexity index is 1120. The quantitative estimate of drug-likeness (QED) is 0.446. The number of halogens is 3. The second-order valence-electron chi connectivity index (χ2n) is 5.78. The topological polar surface area (TPSA) is 75.0 Å². The Morgan fingerprint density at radius 2 is 1.86 bits per heavy atom. The molecule has 1 aromatic heterocycles. The van der Waals surface area contributed by atoms with Crippen LogP contribution < -0.4 is 14.9 Å². The monoisotopic (exact) mass is 408 g/mol. The average Bonchev–Trinajstić information content (AvgIpc) is 2.67. The zero-order chi connectivity index (χ0) is 21.2. The fraction of sp³-hybridized carbons (Fsp3) is 0.200. The molecule has 0 radical (unpaired) electrons. The van der Waals surface area contributed by atoms with Crippen LogP contribution in [0.1, 0.15) is 12.7 Å². The maximum atomic E-state index is 13.7. The van der Waals surface area contributed by atoms with Gasteiger partial charge >= 0.3 is 12.3 Å². The van der Waals surface area contributed by atoms with Gasteiger partial charge in [-0.05, 0) is 25.1 Å². The van der Waals surface area contributed by atoms with Crippen LogP contribution >= 0.6 is 0 Å². The fourth-order valence-corrected chi connectivity index (χ4v) is 2.78. The first-order valence-corrected chi connectivity index (χ1v) is 8.42. The summed E-state index contributed by atoms with van der Waals surface area (Å²) in [5.74, 6) is -1.52. The van der Waals surface area contributed by atoms with E-state index in [1.54, 1.807) is 13.0 Å². The highest BCUT2D eigenvalue weighted by Crippen LogP contribution is 2.40. The molecule has 152 valence electrons. The smallest absolute Gasteiger partial charge is 0.496 e. The van der Waals surface area contributed by atoms with E-state index in [0.717, 1.165) is 6.07 Å². The van der Waals surface area contributed by atoms with Crippen molar-refractivity contribution in [2.75, 3.05) is 13.7 Å². The predicted molar refractivity (Wildman–Crippen MR) is 97.1 cm³/mol. The molecular weight excluding hydrogens is 393 g/mol. The zero-order valence-electron chi connectivity index (χ0n) is 15.3. The van der Waals surface area contributed by atoms with Gasteiger partial charge in [0.05, 0.1) is 24.7 Å². The summed E-state index contributed by atoms with van der Waals surface area (Å²) in [5, 5.41) is -0.116. The number of methoxy groups -OCH3 is 1. The molecule has 0 aliphatic rings. The second-order valence-corrected chi connectivity index (χ2v) is 5.78. The van der Waals surface area contributed by atoms with Gasteiger partial charge in [-0.15, -0.1) is 0 Å². The summed E-state index contributed by atoms with van der Waals surface area (Å²) >= 11 is 0. The number of hydrogen-bond acceptors (Lipinski definition) is 6. The first-order valence-electron chi connectivity index (χ1n) is 8.42. The number of alkyl halides is 3. The summed E-state index contributed by atoms with van der Waals surface area (Å²) in [6, 6.07) is 9.33. The van der Waals surface area contributed by atoms with E-state index in [1.165, 1.54) is 37.4 Å². The number of carbonyl (C=O) groups is 1. The molecule has 0 N–H and O–H groups in total. The van der Waals surface area contributed by atoms with Crippen molar-refractivity contribution in [3.05, 3.63) is 58.4 Å². The van der Waals surface area contributed by atoms with E-state index in [9.17, 15) is 22.8 Å². The van der Waals surface area contributed by atoms with Gasteiger partial charge in [-0.25, -0.2) is 4.79 Å². The summed E-state index contributed by atoms with van der Waals surface area (Å²) in [5.41, 5.74) is -2.00. The number of para-hydroxylation sites is 1. The molecule has 6 nitrogen and oxygen atoms in total. The molecule has 0 atom stereocenters. The highest BCUT2D eigenvalue weighted by Gasteiger charge is 2.40. The van der Waals surface area contributed by atoms with Gasteiger partial charge in [-0.3, -0.25) is 4.79 Å². The lowest BCUT2D eigenvalue weighted by Gasteiger charge is -2.15. The van der Waals surface area contributed by atoms with Crippen molar-refractivity contribution in [3.63, 3.8) is 0 Å². The van der Waals surface area contributed by atoms with Gasteiger partial charge in [0.1, 0.15) is 17.1 Å². The first kappa shape index (κ1) is 20.2. The third-order valence-electron chi connectivity index (χ3n) is 3.96. The minimum absolute atomic E-state index is 0.0511. The molecule has 29 heavy (non-hydrogen) atoms. The molecule has 1 heterocycles. The lowest BCUT2D eigenvalue weighted by Crippen LogP contribution is -2.16. The van der Waals surface area contributed by atoms with Crippen LogP contribution in [0.25, 0.3) is 22.1 Å². The van der Waals surface area contributed by atoms with Gasteiger partial charge in [-0.1, -0.05) is 18.2 Å². The summed E-state index contributed by atoms with van der Waals surface area (Å²) in [6.07, 6.45) is -5.99. The highest BCUT2D eigenvalue weighted by molar-refractivity contribution is 5.85. The number of benzene rings is 2. The summed E-state index contributed by atoms with van der Waals surface area (Å²) in [4.78, 5) is 24.4. The lowest BCUT2D eigenvalue weighted by atomic mass is 10.0. The van der Waals surface area contributed by atoms with Gasteiger partial charge in [0.25, 0.3) is 0 Å². The number of carbonyl (C=O) groups excluding carboxylic acids is 1. The van der Waals surface area contributed by atoms with Crippen molar-refractivity contribution >= 4 is 17.1 Å². The molecule has 0 unspecified atom stereocenters. The molecule has 0 saturated carbocycles. The number of rotatable bonds is 4. The van der Waals surface area contributed by atoms with Gasteiger partial charge < -0.3 is 18.6 Å². The van der Waals surface area contributed by atoms with E-state index in [2.05, 4.69) is 4.74 Å². The van der Waals surface area contributed by atoms with Crippen molar-refractivity contribution in [1.29, 1.82) is 0 Å². The van der Waals surface area contributed by atoms with Crippen molar-refractivity contribution < 1.29 is 36.6 Å². The standard InChI is InChI=1S/C20H15F3O6/c1-3-27-19(25)28-11-8-9-13-15(10-11)29-18(20(21,22)23)16(17(13)24)12-6-4-5-7-14(12)26-2/h4-10H,3H2,1-2H3. The Morgan fingerprint density at radius 1 is 1.14 bits per heavy atom. The third-order valence-corrected chi connectivity index (χ3v) is 3.96. The maximum Gasteiger partial charge on any atom is 0.513 e. The second kappa shape index (κ2) is 7.86. The Balaban J connectivity index is 2.26. The minimum atomic E-state index is -4.96. The highest BCUT2D eigenvalue weighted by atomic mass is 19.4.